The third-order valence-electron chi connectivity index (χ3n) is 5.66. The number of hydrogen-bond acceptors (Lipinski definition) is 6. The topological polar surface area (TPSA) is 76.5 Å². The normalized spacial score (nSPS) is 20.8. The molecule has 0 spiro atoms. The Morgan fingerprint density at radius 1 is 1.30 bits per heavy atom. The number of aromatic nitrogens is 5. The van der Waals surface area contributed by atoms with E-state index in [1.54, 1.807) is 23.1 Å². The molecule has 142 valence electrons. The fraction of sp³-hybridized carbons (Fsp3) is 0.579. The molecule has 0 radical (unpaired) electrons. The van der Waals surface area contributed by atoms with Gasteiger partial charge in [-0.15, -0.1) is 21.5 Å². The van der Waals surface area contributed by atoms with Gasteiger partial charge in [0.2, 0.25) is 0 Å². The molecule has 3 heterocycles. The van der Waals surface area contributed by atoms with E-state index in [0.29, 0.717) is 11.8 Å². The van der Waals surface area contributed by atoms with Crippen molar-refractivity contribution < 1.29 is 0 Å². The number of thiophene rings is 1. The predicted molar refractivity (Wildman–Crippen MR) is 109 cm³/mol. The summed E-state index contributed by atoms with van der Waals surface area (Å²) in [7, 11) is 2.02. The zero-order chi connectivity index (χ0) is 18.7. The maximum atomic E-state index is 12.8. The van der Waals surface area contributed by atoms with E-state index in [1.165, 1.54) is 23.3 Å². The Kier molecular flexibility index (Phi) is 4.16. The lowest BCUT2D eigenvalue weighted by atomic mass is 9.89. The van der Waals surface area contributed by atoms with Crippen molar-refractivity contribution in [2.75, 3.05) is 0 Å². The second kappa shape index (κ2) is 6.44. The monoisotopic (exact) mass is 401 g/mol. The van der Waals surface area contributed by atoms with Crippen LogP contribution in [-0.4, -0.2) is 24.7 Å². The van der Waals surface area contributed by atoms with Gasteiger partial charge in [0.1, 0.15) is 16.5 Å². The van der Waals surface area contributed by atoms with Crippen LogP contribution in [0.15, 0.2) is 9.95 Å². The van der Waals surface area contributed by atoms with Crippen LogP contribution in [0.4, 0.5) is 0 Å². The van der Waals surface area contributed by atoms with Crippen LogP contribution in [-0.2, 0) is 19.9 Å². The molecule has 2 aliphatic rings. The molecule has 2 aliphatic carbocycles. The lowest BCUT2D eigenvalue weighted by Crippen LogP contribution is -2.15. The van der Waals surface area contributed by atoms with Gasteiger partial charge < -0.3 is 9.55 Å². The second-order valence-corrected chi connectivity index (χ2v) is 10.3. The van der Waals surface area contributed by atoms with Crippen molar-refractivity contribution in [3.63, 3.8) is 0 Å². The first kappa shape index (κ1) is 17.4. The Morgan fingerprint density at radius 2 is 2.11 bits per heavy atom. The van der Waals surface area contributed by atoms with Gasteiger partial charge in [0, 0.05) is 17.8 Å². The van der Waals surface area contributed by atoms with Gasteiger partial charge in [-0.2, -0.15) is 0 Å². The highest BCUT2D eigenvalue weighted by atomic mass is 32.2. The number of thioether (sulfide) groups is 1. The maximum absolute atomic E-state index is 12.8. The molecule has 3 aromatic heterocycles. The third kappa shape index (κ3) is 3.02. The summed E-state index contributed by atoms with van der Waals surface area (Å²) in [4.78, 5) is 22.9. The summed E-state index contributed by atoms with van der Waals surface area (Å²) in [6, 6.07) is 0. The van der Waals surface area contributed by atoms with E-state index in [0.717, 1.165) is 46.3 Å². The van der Waals surface area contributed by atoms with Gasteiger partial charge in [0.05, 0.1) is 10.6 Å². The van der Waals surface area contributed by atoms with E-state index in [2.05, 4.69) is 33.6 Å². The number of aryl methyl sites for hydroxylation is 1. The average molecular weight is 402 g/mol. The largest absolute Gasteiger partial charge is 0.309 e. The smallest absolute Gasteiger partial charge is 0.259 e. The number of nitrogens with zero attached hydrogens (tertiary/aromatic N) is 4. The van der Waals surface area contributed by atoms with Crippen LogP contribution < -0.4 is 5.56 Å². The predicted octanol–water partition coefficient (Wildman–Crippen LogP) is 3.97. The second-order valence-electron chi connectivity index (χ2n) is 7.92. The number of hydrogen-bond donors (Lipinski definition) is 1. The lowest BCUT2D eigenvalue weighted by Gasteiger charge is -2.17. The van der Waals surface area contributed by atoms with Crippen molar-refractivity contribution in [3.05, 3.63) is 32.4 Å². The summed E-state index contributed by atoms with van der Waals surface area (Å²) in [5.41, 5.74) is 1.24. The summed E-state index contributed by atoms with van der Waals surface area (Å²) < 4.78 is 2.08. The minimum Gasteiger partial charge on any atom is -0.309 e. The number of rotatable bonds is 4. The number of aromatic amines is 1. The third-order valence-corrected chi connectivity index (χ3v) is 7.95. The molecule has 1 saturated carbocycles. The average Bonchev–Trinajstić information content (AvgIpc) is 3.31. The molecule has 5 rings (SSSR count). The van der Waals surface area contributed by atoms with Crippen LogP contribution in [0.1, 0.15) is 66.4 Å². The molecule has 6 nitrogen and oxygen atoms in total. The first-order chi connectivity index (χ1) is 13.0. The molecular formula is C19H23N5OS2. The molecule has 0 aromatic carbocycles. The number of H-pyrrole nitrogens is 1. The molecule has 0 saturated heterocycles. The number of fused-ring (bicyclic) bond motifs is 3. The molecule has 1 N–H and O–H groups in total. The Hall–Kier alpha value is -1.67. The SMILES string of the molecule is C[C@@H]1CCc2c(sc3nc([C@H](C)Sc4nnc(C5CC5)n4C)[nH]c(=O)c23)C1. The van der Waals surface area contributed by atoms with Crippen LogP contribution in [0.2, 0.25) is 0 Å². The van der Waals surface area contributed by atoms with E-state index in [-0.39, 0.29) is 10.8 Å². The highest BCUT2D eigenvalue weighted by molar-refractivity contribution is 7.99. The van der Waals surface area contributed by atoms with Gasteiger partial charge in [-0.1, -0.05) is 18.7 Å². The first-order valence-electron chi connectivity index (χ1n) is 9.61. The summed E-state index contributed by atoms with van der Waals surface area (Å²) in [5, 5.41) is 10.4. The van der Waals surface area contributed by atoms with E-state index in [9.17, 15) is 4.79 Å². The molecule has 0 unspecified atom stereocenters. The fourth-order valence-electron chi connectivity index (χ4n) is 3.90. The maximum Gasteiger partial charge on any atom is 0.259 e. The van der Waals surface area contributed by atoms with E-state index < -0.39 is 0 Å². The zero-order valence-corrected chi connectivity index (χ0v) is 17.4. The molecular weight excluding hydrogens is 378 g/mol. The molecule has 0 amide bonds. The van der Waals surface area contributed by atoms with Crippen molar-refractivity contribution >= 4 is 33.3 Å². The van der Waals surface area contributed by atoms with E-state index in [1.807, 2.05) is 7.05 Å². The highest BCUT2D eigenvalue weighted by Crippen LogP contribution is 2.41. The quantitative estimate of drug-likeness (QED) is 0.670. The van der Waals surface area contributed by atoms with Crippen molar-refractivity contribution in [1.29, 1.82) is 0 Å². The minimum absolute atomic E-state index is 0.00568. The van der Waals surface area contributed by atoms with Gasteiger partial charge in [0.25, 0.3) is 5.56 Å². The van der Waals surface area contributed by atoms with Gasteiger partial charge in [-0.05, 0) is 50.5 Å². The van der Waals surface area contributed by atoms with Crippen LogP contribution in [0.25, 0.3) is 10.2 Å². The van der Waals surface area contributed by atoms with Crippen LogP contribution in [0.5, 0.6) is 0 Å². The number of nitrogens with one attached hydrogen (secondary N) is 1. The van der Waals surface area contributed by atoms with Crippen molar-refractivity contribution in [3.8, 4) is 0 Å². The Balaban J connectivity index is 1.47. The Labute approximate surface area is 165 Å². The molecule has 1 fully saturated rings. The molecule has 3 aromatic rings. The van der Waals surface area contributed by atoms with Crippen molar-refractivity contribution in [1.82, 2.24) is 24.7 Å². The van der Waals surface area contributed by atoms with Gasteiger partial charge >= 0.3 is 0 Å². The zero-order valence-electron chi connectivity index (χ0n) is 15.8. The highest BCUT2D eigenvalue weighted by Gasteiger charge is 2.30. The molecule has 8 heteroatoms. The molecule has 27 heavy (non-hydrogen) atoms. The van der Waals surface area contributed by atoms with Crippen molar-refractivity contribution in [2.24, 2.45) is 13.0 Å². The fourth-order valence-corrected chi connectivity index (χ4v) is 6.17. The molecule has 0 bridgehead atoms. The minimum atomic E-state index is 0.00568. The molecule has 2 atom stereocenters. The Bertz CT molecular complexity index is 1080. The van der Waals surface area contributed by atoms with Gasteiger partial charge in [0.15, 0.2) is 5.16 Å². The summed E-state index contributed by atoms with van der Waals surface area (Å²) in [6.07, 6.45) is 5.63. The molecule has 0 aliphatic heterocycles. The lowest BCUT2D eigenvalue weighted by molar-refractivity contribution is 0.509. The van der Waals surface area contributed by atoms with Crippen LogP contribution in [0, 0.1) is 5.92 Å². The summed E-state index contributed by atoms with van der Waals surface area (Å²) in [6.45, 7) is 4.35. The van der Waals surface area contributed by atoms with Gasteiger partial charge in [-0.25, -0.2) is 4.98 Å². The summed E-state index contributed by atoms with van der Waals surface area (Å²) in [5.74, 6) is 3.05. The van der Waals surface area contributed by atoms with E-state index >= 15 is 0 Å². The van der Waals surface area contributed by atoms with Crippen LogP contribution >= 0.6 is 23.1 Å². The summed E-state index contributed by atoms with van der Waals surface area (Å²) >= 11 is 3.30. The Morgan fingerprint density at radius 3 is 2.89 bits per heavy atom. The van der Waals surface area contributed by atoms with E-state index in [4.69, 9.17) is 4.98 Å². The first-order valence-corrected chi connectivity index (χ1v) is 11.3. The van der Waals surface area contributed by atoms with Gasteiger partial charge in [-0.3, -0.25) is 4.79 Å². The standard InChI is InChI=1S/C19H23N5OS2/c1-9-4-7-12-13(8-9)27-18-14(12)17(25)20-15(21-18)10(2)26-19-23-22-16(24(19)3)11-5-6-11/h9-11H,4-8H2,1-3H3,(H,20,21,25)/t9-,10+/m1/s1. The van der Waals surface area contributed by atoms with Crippen LogP contribution in [0.3, 0.4) is 0 Å². The van der Waals surface area contributed by atoms with Crippen molar-refractivity contribution in [2.45, 2.75) is 62.3 Å².